The molecule has 6 heteroatoms. The van der Waals surface area contributed by atoms with Crippen LogP contribution < -0.4 is 0 Å². The second kappa shape index (κ2) is 6.24. The van der Waals surface area contributed by atoms with Crippen molar-refractivity contribution in [1.82, 2.24) is 14.7 Å². The molecule has 0 radical (unpaired) electrons. The molecular formula is C17H19N3O3. The number of carboxylic acid groups (broad SMARTS) is 1. The Kier molecular flexibility index (Phi) is 4.14. The molecule has 0 aliphatic heterocycles. The van der Waals surface area contributed by atoms with Gasteiger partial charge in [-0.3, -0.25) is 9.59 Å². The standard InChI is InChI=1S/C17H19N3O3/c1-12(17(22)23)11-19(14-7-8-14)16(21)13-3-5-15(6-4-13)20-10-2-9-18-20/h2-6,9-10,12,14H,7-8,11H2,1H3,(H,22,23)/t12-/m1/s1. The lowest BCUT2D eigenvalue weighted by molar-refractivity contribution is -0.141. The van der Waals surface area contributed by atoms with Crippen molar-refractivity contribution in [3.63, 3.8) is 0 Å². The summed E-state index contributed by atoms with van der Waals surface area (Å²) >= 11 is 0. The van der Waals surface area contributed by atoms with Crippen molar-refractivity contribution in [2.45, 2.75) is 25.8 Å². The highest BCUT2D eigenvalue weighted by Crippen LogP contribution is 2.29. The second-order valence-corrected chi connectivity index (χ2v) is 5.93. The summed E-state index contributed by atoms with van der Waals surface area (Å²) in [6, 6.07) is 9.22. The third kappa shape index (κ3) is 3.41. The maximum absolute atomic E-state index is 12.7. The molecule has 0 unspecified atom stereocenters. The van der Waals surface area contributed by atoms with Crippen LogP contribution in [-0.2, 0) is 4.79 Å². The highest BCUT2D eigenvalue weighted by molar-refractivity contribution is 5.95. The number of carboxylic acids is 1. The Bertz CT molecular complexity index is 690. The number of carbonyl (C=O) groups is 2. The van der Waals surface area contributed by atoms with Crippen LogP contribution in [0.1, 0.15) is 30.1 Å². The number of amides is 1. The summed E-state index contributed by atoms with van der Waals surface area (Å²) < 4.78 is 1.72. The van der Waals surface area contributed by atoms with Crippen molar-refractivity contribution in [3.05, 3.63) is 48.3 Å². The zero-order valence-electron chi connectivity index (χ0n) is 12.9. The van der Waals surface area contributed by atoms with E-state index in [0.29, 0.717) is 5.56 Å². The van der Waals surface area contributed by atoms with E-state index < -0.39 is 11.9 Å². The Morgan fingerprint density at radius 1 is 1.35 bits per heavy atom. The maximum atomic E-state index is 12.7. The largest absolute Gasteiger partial charge is 0.481 e. The first-order valence-corrected chi connectivity index (χ1v) is 7.70. The SMILES string of the molecule is C[C@H](CN(C(=O)c1ccc(-n2cccn2)cc1)C1CC1)C(=O)O. The summed E-state index contributed by atoms with van der Waals surface area (Å²) in [5.74, 6) is -1.55. The smallest absolute Gasteiger partial charge is 0.308 e. The fourth-order valence-corrected chi connectivity index (χ4v) is 2.50. The number of hydrogen-bond donors (Lipinski definition) is 1. The summed E-state index contributed by atoms with van der Waals surface area (Å²) in [5, 5.41) is 13.2. The number of hydrogen-bond acceptors (Lipinski definition) is 3. The van der Waals surface area contributed by atoms with E-state index in [1.807, 2.05) is 24.4 Å². The van der Waals surface area contributed by atoms with Crippen molar-refractivity contribution in [2.24, 2.45) is 5.92 Å². The fraction of sp³-hybridized carbons (Fsp3) is 0.353. The zero-order chi connectivity index (χ0) is 16.4. The number of aliphatic carboxylic acids is 1. The summed E-state index contributed by atoms with van der Waals surface area (Å²) in [6.07, 6.45) is 5.43. The molecular weight excluding hydrogens is 294 g/mol. The van der Waals surface area contributed by atoms with Crippen molar-refractivity contribution >= 4 is 11.9 Å². The van der Waals surface area contributed by atoms with Gasteiger partial charge in [0.2, 0.25) is 0 Å². The van der Waals surface area contributed by atoms with Crippen LogP contribution in [0.2, 0.25) is 0 Å². The molecule has 0 spiro atoms. The molecule has 1 aliphatic rings. The summed E-state index contributed by atoms with van der Waals surface area (Å²) in [4.78, 5) is 25.5. The zero-order valence-corrected chi connectivity index (χ0v) is 12.9. The summed E-state index contributed by atoms with van der Waals surface area (Å²) in [5.41, 5.74) is 1.45. The van der Waals surface area contributed by atoms with Crippen LogP contribution in [0.5, 0.6) is 0 Å². The lowest BCUT2D eigenvalue weighted by Gasteiger charge is -2.24. The molecule has 6 nitrogen and oxygen atoms in total. The first-order valence-electron chi connectivity index (χ1n) is 7.70. The van der Waals surface area contributed by atoms with Gasteiger partial charge in [0.15, 0.2) is 0 Å². The van der Waals surface area contributed by atoms with E-state index in [1.165, 1.54) is 0 Å². The molecule has 1 fully saturated rings. The first kappa shape index (κ1) is 15.3. The maximum Gasteiger partial charge on any atom is 0.308 e. The molecule has 120 valence electrons. The summed E-state index contributed by atoms with van der Waals surface area (Å²) in [6.45, 7) is 1.88. The molecule has 0 bridgehead atoms. The topological polar surface area (TPSA) is 75.4 Å². The normalized spacial score (nSPS) is 15.2. The number of nitrogens with zero attached hydrogens (tertiary/aromatic N) is 3. The first-order chi connectivity index (χ1) is 11.1. The predicted molar refractivity (Wildman–Crippen MR) is 84.4 cm³/mol. The van der Waals surface area contributed by atoms with E-state index >= 15 is 0 Å². The molecule has 1 aliphatic carbocycles. The highest BCUT2D eigenvalue weighted by Gasteiger charge is 2.34. The van der Waals surface area contributed by atoms with E-state index in [9.17, 15) is 9.59 Å². The Morgan fingerprint density at radius 2 is 2.04 bits per heavy atom. The molecule has 1 N–H and O–H groups in total. The quantitative estimate of drug-likeness (QED) is 0.887. The van der Waals surface area contributed by atoms with Gasteiger partial charge >= 0.3 is 5.97 Å². The van der Waals surface area contributed by atoms with Crippen LogP contribution in [0.3, 0.4) is 0 Å². The Labute approximate surface area is 134 Å². The Hall–Kier alpha value is -2.63. The third-order valence-corrected chi connectivity index (χ3v) is 4.02. The monoisotopic (exact) mass is 313 g/mol. The molecule has 1 aromatic carbocycles. The van der Waals surface area contributed by atoms with Gasteiger partial charge in [-0.25, -0.2) is 4.68 Å². The third-order valence-electron chi connectivity index (χ3n) is 4.02. The van der Waals surface area contributed by atoms with E-state index in [2.05, 4.69) is 5.10 Å². The molecule has 1 saturated carbocycles. The van der Waals surface area contributed by atoms with Crippen molar-refractivity contribution in [2.75, 3.05) is 6.54 Å². The molecule has 23 heavy (non-hydrogen) atoms. The Balaban J connectivity index is 1.76. The molecule has 1 aromatic heterocycles. The molecule has 1 amide bonds. The average molecular weight is 313 g/mol. The van der Waals surface area contributed by atoms with Gasteiger partial charge in [-0.15, -0.1) is 0 Å². The van der Waals surface area contributed by atoms with Crippen molar-refractivity contribution in [1.29, 1.82) is 0 Å². The number of rotatable bonds is 6. The van der Waals surface area contributed by atoms with Gasteiger partial charge in [0.1, 0.15) is 0 Å². The van der Waals surface area contributed by atoms with E-state index in [4.69, 9.17) is 5.11 Å². The summed E-state index contributed by atoms with van der Waals surface area (Å²) in [7, 11) is 0. The van der Waals surface area contributed by atoms with Crippen molar-refractivity contribution in [3.8, 4) is 5.69 Å². The lowest BCUT2D eigenvalue weighted by Crippen LogP contribution is -2.38. The van der Waals surface area contributed by atoms with Crippen LogP contribution >= 0.6 is 0 Å². The lowest BCUT2D eigenvalue weighted by atomic mass is 10.1. The second-order valence-electron chi connectivity index (χ2n) is 5.93. The molecule has 1 heterocycles. The number of aromatic nitrogens is 2. The molecule has 2 aromatic rings. The van der Waals surface area contributed by atoms with Crippen molar-refractivity contribution < 1.29 is 14.7 Å². The molecule has 0 saturated heterocycles. The minimum absolute atomic E-state index is 0.104. The van der Waals surface area contributed by atoms with Gasteiger partial charge in [0.05, 0.1) is 11.6 Å². The van der Waals surface area contributed by atoms with Gasteiger partial charge in [0.25, 0.3) is 5.91 Å². The van der Waals surface area contributed by atoms with Gasteiger partial charge in [-0.05, 0) is 43.2 Å². The van der Waals surface area contributed by atoms with Gasteiger partial charge in [-0.1, -0.05) is 6.92 Å². The van der Waals surface area contributed by atoms with Crippen LogP contribution in [0.4, 0.5) is 0 Å². The van der Waals surface area contributed by atoms with Gasteiger partial charge in [0, 0.05) is 30.5 Å². The average Bonchev–Trinajstić information content (AvgIpc) is 3.25. The molecule has 1 atom stereocenters. The van der Waals surface area contributed by atoms with E-state index in [-0.39, 0.29) is 18.5 Å². The molecule has 3 rings (SSSR count). The van der Waals surface area contributed by atoms with Crippen LogP contribution in [-0.4, -0.2) is 44.3 Å². The van der Waals surface area contributed by atoms with Gasteiger partial charge < -0.3 is 10.0 Å². The minimum atomic E-state index is -0.877. The van der Waals surface area contributed by atoms with Gasteiger partial charge in [-0.2, -0.15) is 5.10 Å². The number of benzene rings is 1. The van der Waals surface area contributed by atoms with E-state index in [1.54, 1.807) is 34.8 Å². The van der Waals surface area contributed by atoms with Crippen LogP contribution in [0.25, 0.3) is 5.69 Å². The minimum Gasteiger partial charge on any atom is -0.481 e. The highest BCUT2D eigenvalue weighted by atomic mass is 16.4. The Morgan fingerprint density at radius 3 is 2.57 bits per heavy atom. The van der Waals surface area contributed by atoms with Crippen LogP contribution in [0.15, 0.2) is 42.7 Å². The predicted octanol–water partition coefficient (Wildman–Crippen LogP) is 2.20. The van der Waals surface area contributed by atoms with Crippen LogP contribution in [0, 0.1) is 5.92 Å². The number of carbonyl (C=O) groups excluding carboxylic acids is 1. The van der Waals surface area contributed by atoms with E-state index in [0.717, 1.165) is 18.5 Å². The fourth-order valence-electron chi connectivity index (χ4n) is 2.50.